The molecule has 0 aliphatic carbocycles. The molecule has 0 amide bonds. The van der Waals surface area contributed by atoms with Gasteiger partial charge < -0.3 is 9.72 Å². The van der Waals surface area contributed by atoms with Crippen molar-refractivity contribution in [2.24, 2.45) is 0 Å². The number of rotatable bonds is 5. The Bertz CT molecular complexity index is 1360. The van der Waals surface area contributed by atoms with Crippen molar-refractivity contribution in [3.05, 3.63) is 103 Å². The van der Waals surface area contributed by atoms with Gasteiger partial charge in [0.1, 0.15) is 23.8 Å². The minimum Gasteiger partial charge on any atom is -0.489 e. The topological polar surface area (TPSA) is 37.9 Å². The summed E-state index contributed by atoms with van der Waals surface area (Å²) in [5.41, 5.74) is 5.38. The fourth-order valence-electron chi connectivity index (χ4n) is 3.63. The number of halogens is 1. The number of H-pyrrole nitrogens is 1. The maximum Gasteiger partial charge on any atom is 0.137 e. The number of pyridine rings is 1. The highest BCUT2D eigenvalue weighted by molar-refractivity contribution is 7.80. The molecule has 0 saturated carbocycles. The molecule has 31 heavy (non-hydrogen) atoms. The van der Waals surface area contributed by atoms with Crippen LogP contribution in [-0.4, -0.2) is 9.97 Å². The van der Waals surface area contributed by atoms with Crippen LogP contribution in [-0.2, 0) is 6.61 Å². The Labute approximate surface area is 185 Å². The molecule has 2 aromatic heterocycles. The van der Waals surface area contributed by atoms with Crippen LogP contribution < -0.4 is 4.74 Å². The van der Waals surface area contributed by atoms with E-state index in [0.29, 0.717) is 12.4 Å². The van der Waals surface area contributed by atoms with E-state index in [1.165, 1.54) is 12.1 Å². The number of aromatic nitrogens is 2. The largest absolute Gasteiger partial charge is 0.489 e. The van der Waals surface area contributed by atoms with E-state index in [9.17, 15) is 4.39 Å². The smallest absolute Gasteiger partial charge is 0.137 e. The molecular weight excluding hydrogens is 407 g/mol. The molecule has 0 radical (unpaired) electrons. The monoisotopic (exact) mass is 426 g/mol. The summed E-state index contributed by atoms with van der Waals surface area (Å²) in [7, 11) is 0. The summed E-state index contributed by atoms with van der Waals surface area (Å²) >= 11 is 4.43. The first kappa shape index (κ1) is 19.4. The van der Waals surface area contributed by atoms with Crippen molar-refractivity contribution < 1.29 is 9.13 Å². The molecule has 152 valence electrons. The number of aromatic amines is 1. The first-order chi connectivity index (χ1) is 15.2. The van der Waals surface area contributed by atoms with Crippen molar-refractivity contribution in [2.75, 3.05) is 0 Å². The maximum absolute atomic E-state index is 14.4. The van der Waals surface area contributed by atoms with Crippen LogP contribution in [0, 0.1) is 5.82 Å². The number of benzene rings is 3. The van der Waals surface area contributed by atoms with Crippen LogP contribution in [0.4, 0.5) is 4.39 Å². The fraction of sp³-hybridized carbons (Fsp3) is 0.0385. The molecule has 5 rings (SSSR count). The minimum atomic E-state index is -0.346. The second-order valence-electron chi connectivity index (χ2n) is 7.32. The fourth-order valence-corrected chi connectivity index (χ4v) is 3.85. The van der Waals surface area contributed by atoms with Gasteiger partial charge in [-0.1, -0.05) is 42.5 Å². The standard InChI is InChI=1S/C26H19FN2OS/c27-21-9-19(10-22(13-21)30-16-17-5-2-1-3-6-17)25-15-29-26-24(25)12-20(14-28-26)18-7-4-8-23(31)11-18/h1-15,31H,16H2,(H,28,29). The zero-order valence-corrected chi connectivity index (χ0v) is 17.4. The maximum atomic E-state index is 14.4. The summed E-state index contributed by atoms with van der Waals surface area (Å²) < 4.78 is 20.3. The number of nitrogens with one attached hydrogen (secondary N) is 1. The van der Waals surface area contributed by atoms with E-state index in [4.69, 9.17) is 4.74 Å². The molecule has 0 aliphatic rings. The van der Waals surface area contributed by atoms with Gasteiger partial charge in [-0.25, -0.2) is 9.37 Å². The predicted octanol–water partition coefficient (Wildman–Crippen LogP) is 6.90. The van der Waals surface area contributed by atoms with Gasteiger partial charge in [0.25, 0.3) is 0 Å². The molecule has 3 nitrogen and oxygen atoms in total. The molecule has 3 aromatic carbocycles. The third-order valence-corrected chi connectivity index (χ3v) is 5.42. The Morgan fingerprint density at radius 1 is 0.871 bits per heavy atom. The molecule has 5 heteroatoms. The Morgan fingerprint density at radius 2 is 1.74 bits per heavy atom. The van der Waals surface area contributed by atoms with Crippen molar-refractivity contribution in [2.45, 2.75) is 11.5 Å². The van der Waals surface area contributed by atoms with Crippen molar-refractivity contribution in [3.63, 3.8) is 0 Å². The van der Waals surface area contributed by atoms with Crippen LogP contribution in [0.25, 0.3) is 33.3 Å². The average Bonchev–Trinajstić information content (AvgIpc) is 3.21. The molecular formula is C26H19FN2OS. The Balaban J connectivity index is 1.51. The number of thiol groups is 1. The van der Waals surface area contributed by atoms with Crippen LogP contribution in [0.3, 0.4) is 0 Å². The Morgan fingerprint density at radius 3 is 2.58 bits per heavy atom. The van der Waals surface area contributed by atoms with Crippen LogP contribution in [0.2, 0.25) is 0 Å². The molecule has 1 N–H and O–H groups in total. The number of fused-ring (bicyclic) bond motifs is 1. The zero-order chi connectivity index (χ0) is 21.2. The van der Waals surface area contributed by atoms with Gasteiger partial charge in [0, 0.05) is 39.9 Å². The molecule has 2 heterocycles. The third-order valence-electron chi connectivity index (χ3n) is 5.14. The van der Waals surface area contributed by atoms with Gasteiger partial charge in [0.15, 0.2) is 0 Å². The van der Waals surface area contributed by atoms with Crippen LogP contribution in [0.5, 0.6) is 5.75 Å². The number of ether oxygens (including phenoxy) is 1. The van der Waals surface area contributed by atoms with Crippen molar-refractivity contribution in [1.82, 2.24) is 9.97 Å². The SMILES string of the molecule is Fc1cc(OCc2ccccc2)cc(-c2c[nH]c3ncc(-c4cccc(S)c4)cc23)c1. The van der Waals surface area contributed by atoms with E-state index in [1.807, 2.05) is 73.1 Å². The predicted molar refractivity (Wildman–Crippen MR) is 125 cm³/mol. The lowest BCUT2D eigenvalue weighted by molar-refractivity contribution is 0.305. The van der Waals surface area contributed by atoms with Gasteiger partial charge in [0.05, 0.1) is 0 Å². The number of hydrogen-bond acceptors (Lipinski definition) is 3. The summed E-state index contributed by atoms with van der Waals surface area (Å²) in [4.78, 5) is 8.62. The van der Waals surface area contributed by atoms with Gasteiger partial charge in [-0.2, -0.15) is 0 Å². The van der Waals surface area contributed by atoms with Gasteiger partial charge in [-0.15, -0.1) is 12.6 Å². The van der Waals surface area contributed by atoms with Crippen molar-refractivity contribution >= 4 is 23.7 Å². The van der Waals surface area contributed by atoms with E-state index in [1.54, 1.807) is 0 Å². The van der Waals surface area contributed by atoms with Gasteiger partial charge >= 0.3 is 0 Å². The lowest BCUT2D eigenvalue weighted by atomic mass is 10.0. The second-order valence-corrected chi connectivity index (χ2v) is 7.84. The van der Waals surface area contributed by atoms with E-state index in [2.05, 4.69) is 28.7 Å². The summed E-state index contributed by atoms with van der Waals surface area (Å²) in [6.07, 6.45) is 3.68. The molecule has 0 saturated heterocycles. The van der Waals surface area contributed by atoms with Crippen LogP contribution in [0.15, 0.2) is 96.2 Å². The summed E-state index contributed by atoms with van der Waals surface area (Å²) in [6.45, 7) is 0.378. The van der Waals surface area contributed by atoms with Gasteiger partial charge in [0.2, 0.25) is 0 Å². The molecule has 0 unspecified atom stereocenters. The molecule has 0 atom stereocenters. The molecule has 5 aromatic rings. The first-order valence-corrected chi connectivity index (χ1v) is 10.3. The zero-order valence-electron chi connectivity index (χ0n) is 16.5. The van der Waals surface area contributed by atoms with Gasteiger partial charge in [-0.05, 0) is 47.0 Å². The highest BCUT2D eigenvalue weighted by atomic mass is 32.1. The van der Waals surface area contributed by atoms with E-state index < -0.39 is 0 Å². The average molecular weight is 427 g/mol. The van der Waals surface area contributed by atoms with Crippen molar-refractivity contribution in [1.29, 1.82) is 0 Å². The first-order valence-electron chi connectivity index (χ1n) is 9.90. The minimum absolute atomic E-state index is 0.346. The third kappa shape index (κ3) is 4.18. The van der Waals surface area contributed by atoms with E-state index in [0.717, 1.165) is 43.7 Å². The van der Waals surface area contributed by atoms with E-state index >= 15 is 0 Å². The quantitative estimate of drug-likeness (QED) is 0.300. The summed E-state index contributed by atoms with van der Waals surface area (Å²) in [5, 5.41) is 0.918. The number of hydrogen-bond donors (Lipinski definition) is 2. The van der Waals surface area contributed by atoms with E-state index in [-0.39, 0.29) is 5.82 Å². The lowest BCUT2D eigenvalue weighted by Crippen LogP contribution is -1.96. The number of nitrogens with zero attached hydrogens (tertiary/aromatic N) is 1. The van der Waals surface area contributed by atoms with Crippen LogP contribution in [0.1, 0.15) is 5.56 Å². The normalized spacial score (nSPS) is 11.0. The Hall–Kier alpha value is -3.57. The second kappa shape index (κ2) is 8.28. The Kier molecular flexibility index (Phi) is 5.18. The summed E-state index contributed by atoms with van der Waals surface area (Å²) in [6, 6.07) is 24.6. The molecule has 0 aliphatic heterocycles. The highest BCUT2D eigenvalue weighted by Crippen LogP contribution is 2.33. The highest BCUT2D eigenvalue weighted by Gasteiger charge is 2.12. The summed E-state index contributed by atoms with van der Waals surface area (Å²) in [5.74, 6) is 0.141. The van der Waals surface area contributed by atoms with Crippen LogP contribution >= 0.6 is 12.6 Å². The van der Waals surface area contributed by atoms with Crippen molar-refractivity contribution in [3.8, 4) is 28.0 Å². The molecule has 0 spiro atoms. The van der Waals surface area contributed by atoms with Gasteiger partial charge in [-0.3, -0.25) is 0 Å². The lowest BCUT2D eigenvalue weighted by Gasteiger charge is -2.09. The molecule has 0 fully saturated rings. The molecule has 0 bridgehead atoms.